The minimum atomic E-state index is -3.64. The average molecular weight is 403 g/mol. The third kappa shape index (κ3) is 2.80. The number of anilines is 1. The van der Waals surface area contributed by atoms with Gasteiger partial charge in [-0.1, -0.05) is 0 Å². The molecule has 0 atom stereocenters. The van der Waals surface area contributed by atoms with Crippen molar-refractivity contribution in [1.82, 2.24) is 19.5 Å². The second-order valence-corrected chi connectivity index (χ2v) is 8.36. The van der Waals surface area contributed by atoms with E-state index in [1.807, 2.05) is 0 Å². The summed E-state index contributed by atoms with van der Waals surface area (Å²) in [6.07, 6.45) is 0. The summed E-state index contributed by atoms with van der Waals surface area (Å²) in [6, 6.07) is 6.69. The van der Waals surface area contributed by atoms with Crippen LogP contribution in [0.2, 0.25) is 0 Å². The highest BCUT2D eigenvalue weighted by atomic mass is 32.2. The number of nitrogens with zero attached hydrogens (tertiary/aromatic N) is 2. The third-order valence-corrected chi connectivity index (χ3v) is 6.67. The Morgan fingerprint density at radius 3 is 2.25 bits per heavy atom. The van der Waals surface area contributed by atoms with Crippen LogP contribution >= 0.6 is 0 Å². The van der Waals surface area contributed by atoms with E-state index in [0.717, 1.165) is 10.6 Å². The highest BCUT2D eigenvalue weighted by molar-refractivity contribution is 7.89. The molecule has 1 aromatic heterocycles. The van der Waals surface area contributed by atoms with Gasteiger partial charge in [-0.3, -0.25) is 24.3 Å². The van der Waals surface area contributed by atoms with Crippen molar-refractivity contribution in [3.63, 3.8) is 0 Å². The predicted molar refractivity (Wildman–Crippen MR) is 99.9 cm³/mol. The molecule has 11 heteroatoms. The number of amides is 2. The molecule has 1 aromatic carbocycles. The number of nitrogens with one attached hydrogen (secondary N) is 2. The van der Waals surface area contributed by atoms with Gasteiger partial charge in [0.2, 0.25) is 10.0 Å². The van der Waals surface area contributed by atoms with Crippen LogP contribution in [0, 0.1) is 0 Å². The van der Waals surface area contributed by atoms with Crippen molar-refractivity contribution in [2.24, 2.45) is 0 Å². The quantitative estimate of drug-likeness (QED) is 0.552. The SMILES string of the molecule is Nc1c2c(cc(=O)n1-c1ccc(S(=O)(=O)N3CCNCC3)cc1)C(=O)NC2=O. The topological polar surface area (TPSA) is 144 Å². The van der Waals surface area contributed by atoms with E-state index in [0.29, 0.717) is 26.2 Å². The fourth-order valence-corrected chi connectivity index (χ4v) is 4.79. The number of nitrogen functional groups attached to an aromatic ring is 1. The molecule has 0 saturated carbocycles. The summed E-state index contributed by atoms with van der Waals surface area (Å²) >= 11 is 0. The van der Waals surface area contributed by atoms with Gasteiger partial charge >= 0.3 is 0 Å². The maximum atomic E-state index is 12.7. The van der Waals surface area contributed by atoms with Gasteiger partial charge in [-0.15, -0.1) is 0 Å². The molecule has 28 heavy (non-hydrogen) atoms. The lowest BCUT2D eigenvalue weighted by Crippen LogP contribution is -2.46. The molecule has 1 fully saturated rings. The molecule has 4 rings (SSSR count). The molecular weight excluding hydrogens is 386 g/mol. The van der Waals surface area contributed by atoms with Crippen LogP contribution < -0.4 is 21.9 Å². The smallest absolute Gasteiger partial charge is 0.262 e. The van der Waals surface area contributed by atoms with Crippen LogP contribution in [0.15, 0.2) is 40.0 Å². The number of piperazine rings is 1. The number of pyridine rings is 1. The van der Waals surface area contributed by atoms with Crippen LogP contribution in [0.4, 0.5) is 5.82 Å². The normalized spacial score (nSPS) is 17.4. The van der Waals surface area contributed by atoms with E-state index in [-0.39, 0.29) is 27.5 Å². The van der Waals surface area contributed by atoms with Crippen LogP contribution in [-0.4, -0.2) is 55.3 Å². The van der Waals surface area contributed by atoms with E-state index >= 15 is 0 Å². The number of fused-ring (bicyclic) bond motifs is 1. The van der Waals surface area contributed by atoms with E-state index in [1.165, 1.54) is 28.6 Å². The lowest BCUT2D eigenvalue weighted by molar-refractivity contribution is 0.0880. The summed E-state index contributed by atoms with van der Waals surface area (Å²) in [5.74, 6) is -1.53. The molecule has 0 radical (unpaired) electrons. The van der Waals surface area contributed by atoms with Crippen molar-refractivity contribution in [2.75, 3.05) is 31.9 Å². The second-order valence-electron chi connectivity index (χ2n) is 6.42. The molecule has 2 aliphatic rings. The molecule has 2 amide bonds. The van der Waals surface area contributed by atoms with Gasteiger partial charge in [0.1, 0.15) is 5.82 Å². The average Bonchev–Trinajstić information content (AvgIpc) is 2.96. The zero-order chi connectivity index (χ0) is 20.1. The van der Waals surface area contributed by atoms with E-state index in [1.54, 1.807) is 0 Å². The van der Waals surface area contributed by atoms with Crippen molar-refractivity contribution in [2.45, 2.75) is 4.90 Å². The maximum Gasteiger partial charge on any atom is 0.262 e. The number of sulfonamides is 1. The van der Waals surface area contributed by atoms with Crippen molar-refractivity contribution >= 4 is 27.7 Å². The van der Waals surface area contributed by atoms with Crippen LogP contribution in [0.25, 0.3) is 5.69 Å². The predicted octanol–water partition coefficient (Wildman–Crippen LogP) is -1.10. The Hall–Kier alpha value is -3.02. The number of rotatable bonds is 3. The lowest BCUT2D eigenvalue weighted by atomic mass is 10.1. The number of imide groups is 1. The summed E-state index contributed by atoms with van der Waals surface area (Å²) in [5, 5.41) is 5.19. The van der Waals surface area contributed by atoms with E-state index in [4.69, 9.17) is 5.73 Å². The molecule has 1 saturated heterocycles. The fourth-order valence-electron chi connectivity index (χ4n) is 3.35. The van der Waals surface area contributed by atoms with Gasteiger partial charge in [0, 0.05) is 32.2 Å². The number of benzene rings is 1. The first-order valence-corrected chi connectivity index (χ1v) is 9.97. The number of nitrogens with two attached hydrogens (primary N) is 1. The van der Waals surface area contributed by atoms with Crippen LogP contribution in [0.3, 0.4) is 0 Å². The van der Waals surface area contributed by atoms with Gasteiger partial charge in [-0.25, -0.2) is 8.42 Å². The van der Waals surface area contributed by atoms with Gasteiger partial charge < -0.3 is 11.1 Å². The van der Waals surface area contributed by atoms with Gasteiger partial charge in [0.15, 0.2) is 0 Å². The Balaban J connectivity index is 1.75. The minimum absolute atomic E-state index is 0.0675. The van der Waals surface area contributed by atoms with Gasteiger partial charge in [0.25, 0.3) is 17.4 Å². The molecular formula is C17H17N5O5S. The van der Waals surface area contributed by atoms with Crippen molar-refractivity contribution in [3.8, 4) is 5.69 Å². The molecule has 0 unspecified atom stereocenters. The summed E-state index contributed by atoms with van der Waals surface area (Å²) in [5.41, 5.74) is 5.53. The molecule has 0 aliphatic carbocycles. The number of carbonyl (C=O) groups is 2. The molecule has 146 valence electrons. The molecule has 4 N–H and O–H groups in total. The Bertz CT molecular complexity index is 1150. The molecule has 2 aliphatic heterocycles. The number of hydrogen-bond donors (Lipinski definition) is 3. The summed E-state index contributed by atoms with van der Waals surface area (Å²) < 4.78 is 27.9. The first-order valence-electron chi connectivity index (χ1n) is 8.53. The van der Waals surface area contributed by atoms with Crippen molar-refractivity contribution in [3.05, 3.63) is 51.8 Å². The van der Waals surface area contributed by atoms with Gasteiger partial charge in [-0.2, -0.15) is 4.31 Å². The minimum Gasteiger partial charge on any atom is -0.384 e. The van der Waals surface area contributed by atoms with Crippen LogP contribution in [0.5, 0.6) is 0 Å². The largest absolute Gasteiger partial charge is 0.384 e. The monoisotopic (exact) mass is 403 g/mol. The van der Waals surface area contributed by atoms with Crippen molar-refractivity contribution in [1.29, 1.82) is 0 Å². The van der Waals surface area contributed by atoms with Crippen LogP contribution in [0.1, 0.15) is 20.7 Å². The number of hydrogen-bond acceptors (Lipinski definition) is 7. The van der Waals surface area contributed by atoms with Crippen molar-refractivity contribution < 1.29 is 18.0 Å². The Kier molecular flexibility index (Phi) is 4.29. The standard InChI is InChI=1S/C17H17N5O5S/c18-15-14-12(16(24)20-17(14)25)9-13(23)22(15)10-1-3-11(4-2-10)28(26,27)21-7-5-19-6-8-21/h1-4,9,19H,5-8,18H2,(H,20,24,25). The molecule has 2 aromatic rings. The highest BCUT2D eigenvalue weighted by Crippen LogP contribution is 2.24. The zero-order valence-corrected chi connectivity index (χ0v) is 15.5. The number of aromatic nitrogens is 1. The first-order chi connectivity index (χ1) is 13.3. The highest BCUT2D eigenvalue weighted by Gasteiger charge is 2.32. The summed E-state index contributed by atoms with van der Waals surface area (Å²) in [6.45, 7) is 1.92. The second kappa shape index (κ2) is 6.55. The zero-order valence-electron chi connectivity index (χ0n) is 14.6. The van der Waals surface area contributed by atoms with E-state index in [9.17, 15) is 22.8 Å². The van der Waals surface area contributed by atoms with E-state index in [2.05, 4.69) is 10.6 Å². The Morgan fingerprint density at radius 2 is 1.61 bits per heavy atom. The maximum absolute atomic E-state index is 12.7. The summed E-state index contributed by atoms with van der Waals surface area (Å²) in [4.78, 5) is 36.2. The Labute approximate surface area is 160 Å². The van der Waals surface area contributed by atoms with E-state index < -0.39 is 27.4 Å². The fraction of sp³-hybridized carbons (Fsp3) is 0.235. The molecule has 10 nitrogen and oxygen atoms in total. The molecule has 3 heterocycles. The first kappa shape index (κ1) is 18.3. The molecule has 0 spiro atoms. The van der Waals surface area contributed by atoms with Crippen LogP contribution in [-0.2, 0) is 10.0 Å². The van der Waals surface area contributed by atoms with Gasteiger partial charge in [-0.05, 0) is 24.3 Å². The number of carbonyl (C=O) groups excluding carboxylic acids is 2. The van der Waals surface area contributed by atoms with Gasteiger partial charge in [0.05, 0.1) is 21.7 Å². The third-order valence-electron chi connectivity index (χ3n) is 4.76. The Morgan fingerprint density at radius 1 is 0.964 bits per heavy atom. The summed E-state index contributed by atoms with van der Waals surface area (Å²) in [7, 11) is -3.64. The lowest BCUT2D eigenvalue weighted by Gasteiger charge is -2.26. The molecule has 0 bridgehead atoms.